The molecule has 13 atom stereocenters. The molecule has 1 spiro atoms. The van der Waals surface area contributed by atoms with Gasteiger partial charge in [0.2, 0.25) is 0 Å². The smallest absolute Gasteiger partial charge is 0.334 e. The molecule has 11 heteroatoms. The zero-order valence-corrected chi connectivity index (χ0v) is 35.9. The largest absolute Gasteiger partial charge is 0.508 e. The Morgan fingerprint density at radius 1 is 1.00 bits per heavy atom. The summed E-state index contributed by atoms with van der Waals surface area (Å²) in [6, 6.07) is 8.88. The van der Waals surface area contributed by atoms with E-state index in [1.165, 1.54) is 6.92 Å². The summed E-state index contributed by atoms with van der Waals surface area (Å²) in [5, 5.41) is 64.6. The Hall–Kier alpha value is -4.84. The number of rotatable bonds is 5. The lowest BCUT2D eigenvalue weighted by Crippen LogP contribution is -2.71. The third-order valence-electron chi connectivity index (χ3n) is 18.7. The highest BCUT2D eigenvalue weighted by Crippen LogP contribution is 2.88. The number of allylic oxidation sites excluding steroid dienone is 4. The average molecular weight is 828 g/mol. The molecule has 0 aromatic heterocycles. The standard InChI is InChI=1S/C50H57N3O8/c1-24(41(57)58)40(56)49(60)29-16-14-27-21-28-22-48(59)30(15-13-26-11-9-8-10-12-26)37-43(3,4)33(55)18-19-44(37,5)36-32(54)23-45(6)46(7,39(36)48)50(28,61)38(34(27)29)47(45)20-17-31(53-42(51)52)35(49)25(47)2/h8-13,15-17,20,22,25,30-31,35,37-38,56,59-61H,14,18-19,21,23H2,1-7H3,(H,57,58)(H4,51,52,53). The first-order valence-electron chi connectivity index (χ1n) is 21.7. The van der Waals surface area contributed by atoms with Crippen LogP contribution in [0.3, 0.4) is 0 Å². The van der Waals surface area contributed by atoms with Crippen molar-refractivity contribution in [3.05, 3.63) is 111 Å². The summed E-state index contributed by atoms with van der Waals surface area (Å²) < 4.78 is 0. The van der Waals surface area contributed by atoms with Crippen LogP contribution in [0.15, 0.2) is 110 Å². The maximum Gasteiger partial charge on any atom is 0.334 e. The maximum absolute atomic E-state index is 15.8. The first-order valence-corrected chi connectivity index (χ1v) is 21.7. The van der Waals surface area contributed by atoms with Gasteiger partial charge in [0.15, 0.2) is 17.3 Å². The second kappa shape index (κ2) is 11.8. The fourth-order valence-corrected chi connectivity index (χ4v) is 16.4. The van der Waals surface area contributed by atoms with Crippen molar-refractivity contribution < 1.29 is 39.9 Å². The van der Waals surface area contributed by atoms with E-state index in [1.54, 1.807) is 6.08 Å². The van der Waals surface area contributed by atoms with Crippen LogP contribution in [0, 0.1) is 56.7 Å². The van der Waals surface area contributed by atoms with Crippen molar-refractivity contribution in [3.8, 4) is 0 Å². The second-order valence-corrected chi connectivity index (χ2v) is 21.0. The Morgan fingerprint density at radius 3 is 2.34 bits per heavy atom. The highest BCUT2D eigenvalue weighted by Gasteiger charge is 2.89. The van der Waals surface area contributed by atoms with Gasteiger partial charge in [-0.15, -0.1) is 0 Å². The number of carbonyl (C=O) groups is 3. The lowest BCUT2D eigenvalue weighted by atomic mass is 9.34. The normalized spacial score (nSPS) is 46.1. The number of carboxylic acid groups (broad SMARTS) is 1. The summed E-state index contributed by atoms with van der Waals surface area (Å²) >= 11 is 0. The van der Waals surface area contributed by atoms with Crippen LogP contribution in [0.25, 0.3) is 6.08 Å². The van der Waals surface area contributed by atoms with Gasteiger partial charge in [0.25, 0.3) is 0 Å². The number of fused-ring (bicyclic) bond motifs is 3. The molecule has 10 rings (SSSR count). The van der Waals surface area contributed by atoms with Crippen LogP contribution >= 0.6 is 0 Å². The molecule has 9 N–H and O–H groups in total. The van der Waals surface area contributed by atoms with Gasteiger partial charge in [0.05, 0.1) is 11.6 Å². The van der Waals surface area contributed by atoms with Crippen molar-refractivity contribution in [3.63, 3.8) is 0 Å². The van der Waals surface area contributed by atoms with Gasteiger partial charge < -0.3 is 37.0 Å². The summed E-state index contributed by atoms with van der Waals surface area (Å²) in [6.45, 7) is 13.3. The minimum atomic E-state index is -2.31. The molecule has 9 aliphatic carbocycles. The van der Waals surface area contributed by atoms with E-state index in [-0.39, 0.29) is 36.8 Å². The van der Waals surface area contributed by atoms with Gasteiger partial charge in [0, 0.05) is 57.8 Å². The summed E-state index contributed by atoms with van der Waals surface area (Å²) in [5.74, 6) is -6.20. The molecule has 1 aromatic rings. The number of carboxylic acids is 1. The number of nitrogens with zero attached hydrogens (tertiary/aromatic N) is 1. The first-order chi connectivity index (χ1) is 28.5. The topological polar surface area (TPSA) is 217 Å². The van der Waals surface area contributed by atoms with Crippen LogP contribution in [0.1, 0.15) is 86.1 Å². The number of Topliss-reactive ketones (excluding diaryl/α,β-unsaturated/α-hetero) is 2. The highest BCUT2D eigenvalue weighted by atomic mass is 16.4. The Balaban J connectivity index is 1.35. The Bertz CT molecular complexity index is 2560. The minimum Gasteiger partial charge on any atom is -0.508 e. The molecule has 2 bridgehead atoms. The van der Waals surface area contributed by atoms with E-state index in [4.69, 9.17) is 11.5 Å². The number of ketones is 2. The molecule has 61 heavy (non-hydrogen) atoms. The lowest BCUT2D eigenvalue weighted by molar-refractivity contribution is -0.167. The third-order valence-corrected chi connectivity index (χ3v) is 18.7. The second-order valence-electron chi connectivity index (χ2n) is 21.0. The number of guanidine groups is 1. The van der Waals surface area contributed by atoms with Crippen molar-refractivity contribution >= 4 is 29.6 Å². The van der Waals surface area contributed by atoms with E-state index < -0.39 is 96.8 Å². The summed E-state index contributed by atoms with van der Waals surface area (Å²) in [6.07, 6.45) is 12.8. The van der Waals surface area contributed by atoms with Gasteiger partial charge in [-0.2, -0.15) is 0 Å². The van der Waals surface area contributed by atoms with Gasteiger partial charge in [-0.3, -0.25) is 9.59 Å². The molecule has 0 aliphatic heterocycles. The average Bonchev–Trinajstić information content (AvgIpc) is 3.65. The van der Waals surface area contributed by atoms with E-state index >= 15 is 4.79 Å². The molecule has 320 valence electrons. The Morgan fingerprint density at radius 2 is 1.69 bits per heavy atom. The molecule has 0 amide bonds. The zero-order chi connectivity index (χ0) is 44.0. The Kier molecular flexibility index (Phi) is 7.78. The predicted molar refractivity (Wildman–Crippen MR) is 229 cm³/mol. The van der Waals surface area contributed by atoms with Crippen LogP contribution < -0.4 is 11.5 Å². The van der Waals surface area contributed by atoms with Gasteiger partial charge >= 0.3 is 5.97 Å². The monoisotopic (exact) mass is 827 g/mol. The fourth-order valence-electron chi connectivity index (χ4n) is 16.4. The molecule has 1 aromatic carbocycles. The molecule has 0 saturated heterocycles. The number of aliphatic carboxylic acids is 1. The highest BCUT2D eigenvalue weighted by molar-refractivity contribution is 6.02. The number of benzene rings is 1. The van der Waals surface area contributed by atoms with Crippen molar-refractivity contribution in [1.29, 1.82) is 0 Å². The molecule has 0 radical (unpaired) electrons. The molecule has 3 fully saturated rings. The van der Waals surface area contributed by atoms with Crippen molar-refractivity contribution in [2.45, 2.75) is 103 Å². The summed E-state index contributed by atoms with van der Waals surface area (Å²) in [4.78, 5) is 47.1. The number of hydrogen-bond donors (Lipinski definition) is 7. The molecule has 3 saturated carbocycles. The van der Waals surface area contributed by atoms with Gasteiger partial charge in [-0.05, 0) is 77.4 Å². The van der Waals surface area contributed by atoms with Gasteiger partial charge in [0.1, 0.15) is 22.7 Å². The molecular weight excluding hydrogens is 771 g/mol. The quantitative estimate of drug-likeness (QED) is 0.0623. The molecular formula is C50H57N3O8. The van der Waals surface area contributed by atoms with Crippen LogP contribution in [0.2, 0.25) is 0 Å². The maximum atomic E-state index is 15.8. The number of aliphatic imine (C=N–C) groups is 1. The number of hydrogen-bond acceptors (Lipinski definition) is 8. The molecule has 11 nitrogen and oxygen atoms in total. The molecule has 13 unspecified atom stereocenters. The minimum absolute atomic E-state index is 0.0177. The zero-order valence-electron chi connectivity index (χ0n) is 35.9. The van der Waals surface area contributed by atoms with Crippen LogP contribution in [-0.2, 0) is 14.4 Å². The van der Waals surface area contributed by atoms with Gasteiger partial charge in [-0.25, -0.2) is 9.79 Å². The van der Waals surface area contributed by atoms with Crippen LogP contribution in [0.4, 0.5) is 0 Å². The summed E-state index contributed by atoms with van der Waals surface area (Å²) in [5.41, 5.74) is 4.81. The number of carbonyl (C=O) groups excluding carboxylic acids is 2. The third kappa shape index (κ3) is 4.13. The number of nitrogens with two attached hydrogens (primary N) is 2. The number of aliphatic hydroxyl groups is 4. The van der Waals surface area contributed by atoms with E-state index in [0.717, 1.165) is 11.1 Å². The van der Waals surface area contributed by atoms with Crippen molar-refractivity contribution in [2.75, 3.05) is 0 Å². The lowest BCUT2D eigenvalue weighted by Gasteiger charge is -2.69. The molecule has 0 heterocycles. The van der Waals surface area contributed by atoms with E-state index in [2.05, 4.69) is 11.9 Å². The molecule has 9 aliphatic rings. The van der Waals surface area contributed by atoms with Crippen LogP contribution in [-0.4, -0.2) is 71.9 Å². The Labute approximate surface area is 356 Å². The van der Waals surface area contributed by atoms with Gasteiger partial charge in [-0.1, -0.05) is 108 Å². The van der Waals surface area contributed by atoms with Crippen molar-refractivity contribution in [2.24, 2.45) is 73.1 Å². The fraction of sp³-hybridized carbons (Fsp3) is 0.520. The van der Waals surface area contributed by atoms with E-state index in [1.807, 2.05) is 95.3 Å². The van der Waals surface area contributed by atoms with E-state index in [9.17, 15) is 35.1 Å². The van der Waals surface area contributed by atoms with E-state index in [0.29, 0.717) is 40.7 Å². The van der Waals surface area contributed by atoms with Crippen LogP contribution in [0.5, 0.6) is 0 Å². The first kappa shape index (κ1) is 40.2. The number of aliphatic hydroxyl groups excluding tert-OH is 1. The van der Waals surface area contributed by atoms with Crippen molar-refractivity contribution in [1.82, 2.24) is 0 Å². The predicted octanol–water partition coefficient (Wildman–Crippen LogP) is 5.80. The summed E-state index contributed by atoms with van der Waals surface area (Å²) in [7, 11) is 0. The SMILES string of the molecule is CC(C(=O)O)=C(O)C1(O)C2=CCC3=C2C2C4(O)C(=CC5(O)C6=C(C(=O)CC(C)(C27C=CC(N=C(N)N)C1C7C)C64C)C1(C)CCC(=O)C(C)(C)C1C5C=Cc1ccccc1)C3.